The molecule has 0 fully saturated rings. The van der Waals surface area contributed by atoms with Gasteiger partial charge in [-0.05, 0) is 101 Å². The van der Waals surface area contributed by atoms with Crippen molar-refractivity contribution >= 4 is 65.4 Å². The van der Waals surface area contributed by atoms with Crippen LogP contribution in [0.15, 0.2) is 212 Å². The average molecular weight is 726 g/mol. The van der Waals surface area contributed by atoms with Gasteiger partial charge in [-0.2, -0.15) is 0 Å². The third kappa shape index (κ3) is 4.73. The Morgan fingerprint density at radius 1 is 0.228 bits per heavy atom. The number of hydrogen-bond donors (Lipinski definition) is 0. The minimum absolute atomic E-state index is 1.15. The van der Waals surface area contributed by atoms with Gasteiger partial charge >= 0.3 is 0 Å². The maximum absolute atomic E-state index is 2.43. The van der Waals surface area contributed by atoms with Crippen molar-refractivity contribution in [1.82, 2.24) is 13.7 Å². The summed E-state index contributed by atoms with van der Waals surface area (Å²) in [6, 6.07) is 77.4. The molecule has 0 saturated heterocycles. The summed E-state index contributed by atoms with van der Waals surface area (Å²) < 4.78 is 7.24. The number of para-hydroxylation sites is 5. The molecule has 0 amide bonds. The van der Waals surface area contributed by atoms with Crippen LogP contribution in [-0.4, -0.2) is 13.7 Å². The summed E-state index contributed by atoms with van der Waals surface area (Å²) in [5, 5.41) is 7.51. The molecule has 3 heteroatoms. The molecule has 0 aliphatic heterocycles. The number of hydrogen-bond acceptors (Lipinski definition) is 0. The Morgan fingerprint density at radius 2 is 0.632 bits per heavy atom. The van der Waals surface area contributed by atoms with Crippen molar-refractivity contribution in [3.8, 4) is 39.3 Å². The van der Waals surface area contributed by atoms with Gasteiger partial charge in [0.1, 0.15) is 0 Å². The molecule has 12 rings (SSSR count). The number of fused-ring (bicyclic) bond motifs is 9. The zero-order chi connectivity index (χ0) is 37.5. The molecule has 0 bridgehead atoms. The molecule has 12 aromatic rings. The van der Waals surface area contributed by atoms with Gasteiger partial charge in [-0.3, -0.25) is 0 Å². The normalized spacial score (nSPS) is 11.9. The molecule has 0 radical (unpaired) electrons. The first-order chi connectivity index (χ1) is 28.3. The molecule has 0 aliphatic carbocycles. The third-order valence-electron chi connectivity index (χ3n) is 11.8. The highest BCUT2D eigenvalue weighted by molar-refractivity contribution is 6.20. The Balaban J connectivity index is 1.15. The van der Waals surface area contributed by atoms with E-state index in [2.05, 4.69) is 226 Å². The van der Waals surface area contributed by atoms with Crippen LogP contribution in [0.3, 0.4) is 0 Å². The van der Waals surface area contributed by atoms with E-state index in [1.54, 1.807) is 0 Å². The molecule has 0 aliphatic rings. The van der Waals surface area contributed by atoms with Crippen LogP contribution in [0.5, 0.6) is 0 Å². The Kier molecular flexibility index (Phi) is 6.93. The zero-order valence-corrected chi connectivity index (χ0v) is 31.0. The Labute approximate surface area is 329 Å². The van der Waals surface area contributed by atoms with Crippen LogP contribution in [0.25, 0.3) is 105 Å². The molecule has 0 atom stereocenters. The van der Waals surface area contributed by atoms with E-state index in [4.69, 9.17) is 0 Å². The molecule has 266 valence electrons. The van der Waals surface area contributed by atoms with Crippen LogP contribution in [0, 0.1) is 0 Å². The van der Waals surface area contributed by atoms with Crippen LogP contribution in [0.1, 0.15) is 0 Å². The highest BCUT2D eigenvalue weighted by Crippen LogP contribution is 2.44. The molecule has 0 N–H and O–H groups in total. The van der Waals surface area contributed by atoms with Gasteiger partial charge < -0.3 is 13.7 Å². The fraction of sp³-hybridized carbons (Fsp3) is 0. The smallest absolute Gasteiger partial charge is 0.0547 e. The standard InChI is InChI=1S/C54H35N3/c1-4-16-38(17-5-1)55-48-27-13-11-23-45(48)53-41(24-14-28-50(53)55)36-31-33-49-46(34-36)54-42(25-15-29-51(54)56(49)39-18-6-2-7-19-39)37-30-32-44-43-22-10-12-26-47(43)57(52(44)35-37)40-20-8-3-9-21-40/h1-35H. The average Bonchev–Trinajstić information content (AvgIpc) is 3.92. The van der Waals surface area contributed by atoms with Gasteiger partial charge in [-0.15, -0.1) is 0 Å². The highest BCUT2D eigenvalue weighted by Gasteiger charge is 2.21. The lowest BCUT2D eigenvalue weighted by atomic mass is 9.95. The van der Waals surface area contributed by atoms with Crippen LogP contribution in [0.2, 0.25) is 0 Å². The number of aromatic nitrogens is 3. The Morgan fingerprint density at radius 3 is 1.23 bits per heavy atom. The second kappa shape index (κ2) is 12.5. The van der Waals surface area contributed by atoms with Crippen molar-refractivity contribution in [2.24, 2.45) is 0 Å². The van der Waals surface area contributed by atoms with E-state index in [0.29, 0.717) is 0 Å². The van der Waals surface area contributed by atoms with Gasteiger partial charge in [0.05, 0.1) is 33.1 Å². The number of nitrogens with zero attached hydrogens (tertiary/aromatic N) is 3. The van der Waals surface area contributed by atoms with E-state index in [1.807, 2.05) is 0 Å². The Hall–Kier alpha value is -7.62. The van der Waals surface area contributed by atoms with Gasteiger partial charge in [-0.25, -0.2) is 0 Å². The largest absolute Gasteiger partial charge is 0.309 e. The first-order valence-corrected chi connectivity index (χ1v) is 19.6. The van der Waals surface area contributed by atoms with E-state index in [1.165, 1.54) is 87.7 Å². The summed E-state index contributed by atoms with van der Waals surface area (Å²) >= 11 is 0. The second-order valence-corrected chi connectivity index (χ2v) is 14.9. The summed E-state index contributed by atoms with van der Waals surface area (Å²) in [6.45, 7) is 0. The molecule has 0 saturated carbocycles. The number of benzene rings is 9. The first kappa shape index (κ1) is 31.7. The highest BCUT2D eigenvalue weighted by atomic mass is 15.0. The van der Waals surface area contributed by atoms with Gasteiger partial charge in [0, 0.05) is 49.4 Å². The SMILES string of the molecule is c1ccc(-n2c3ccccc3c3ccc(-c4cccc5c4c4cc(-c6cccc7c6c6ccccc6n7-c6ccccc6)ccc4n5-c4ccccc4)cc32)cc1. The molecule has 0 spiro atoms. The fourth-order valence-corrected chi connectivity index (χ4v) is 9.44. The van der Waals surface area contributed by atoms with Crippen molar-refractivity contribution in [2.75, 3.05) is 0 Å². The van der Waals surface area contributed by atoms with Gasteiger partial charge in [0.15, 0.2) is 0 Å². The third-order valence-corrected chi connectivity index (χ3v) is 11.8. The summed E-state index contributed by atoms with van der Waals surface area (Å²) in [4.78, 5) is 0. The summed E-state index contributed by atoms with van der Waals surface area (Å²) in [5.74, 6) is 0. The summed E-state index contributed by atoms with van der Waals surface area (Å²) in [6.07, 6.45) is 0. The molecule has 57 heavy (non-hydrogen) atoms. The predicted molar refractivity (Wildman–Crippen MR) is 240 cm³/mol. The van der Waals surface area contributed by atoms with Crippen molar-refractivity contribution in [3.63, 3.8) is 0 Å². The van der Waals surface area contributed by atoms with Gasteiger partial charge in [0.2, 0.25) is 0 Å². The molecular weight excluding hydrogens is 691 g/mol. The summed E-state index contributed by atoms with van der Waals surface area (Å²) in [7, 11) is 0. The quantitative estimate of drug-likeness (QED) is 0.168. The van der Waals surface area contributed by atoms with E-state index < -0.39 is 0 Å². The van der Waals surface area contributed by atoms with Crippen LogP contribution in [-0.2, 0) is 0 Å². The molecule has 3 nitrogen and oxygen atoms in total. The lowest BCUT2D eigenvalue weighted by Gasteiger charge is -2.10. The van der Waals surface area contributed by atoms with Crippen LogP contribution in [0.4, 0.5) is 0 Å². The van der Waals surface area contributed by atoms with E-state index in [9.17, 15) is 0 Å². The van der Waals surface area contributed by atoms with E-state index in [0.717, 1.165) is 17.1 Å². The van der Waals surface area contributed by atoms with E-state index >= 15 is 0 Å². The fourth-order valence-electron chi connectivity index (χ4n) is 9.44. The minimum Gasteiger partial charge on any atom is -0.309 e. The first-order valence-electron chi connectivity index (χ1n) is 19.6. The second-order valence-electron chi connectivity index (χ2n) is 14.9. The van der Waals surface area contributed by atoms with Gasteiger partial charge in [0.25, 0.3) is 0 Å². The molecule has 3 aromatic heterocycles. The predicted octanol–water partition coefficient (Wildman–Crippen LogP) is 14.3. The van der Waals surface area contributed by atoms with Crippen LogP contribution >= 0.6 is 0 Å². The lowest BCUT2D eigenvalue weighted by molar-refractivity contribution is 1.18. The van der Waals surface area contributed by atoms with Gasteiger partial charge in [-0.1, -0.05) is 133 Å². The molecule has 3 heterocycles. The van der Waals surface area contributed by atoms with Crippen LogP contribution < -0.4 is 0 Å². The van der Waals surface area contributed by atoms with Crippen molar-refractivity contribution in [3.05, 3.63) is 212 Å². The number of rotatable bonds is 5. The minimum atomic E-state index is 1.15. The van der Waals surface area contributed by atoms with Crippen molar-refractivity contribution < 1.29 is 0 Å². The topological polar surface area (TPSA) is 14.8 Å². The van der Waals surface area contributed by atoms with Crippen molar-refractivity contribution in [2.45, 2.75) is 0 Å². The molecule has 0 unspecified atom stereocenters. The monoisotopic (exact) mass is 725 g/mol. The maximum atomic E-state index is 2.43. The molecule has 9 aromatic carbocycles. The van der Waals surface area contributed by atoms with Crippen molar-refractivity contribution in [1.29, 1.82) is 0 Å². The van der Waals surface area contributed by atoms with E-state index in [-0.39, 0.29) is 0 Å². The Bertz CT molecular complexity index is 3500. The lowest BCUT2D eigenvalue weighted by Crippen LogP contribution is -1.94. The maximum Gasteiger partial charge on any atom is 0.0547 e. The summed E-state index contributed by atoms with van der Waals surface area (Å²) in [5.41, 5.74) is 15.5. The zero-order valence-electron chi connectivity index (χ0n) is 31.0. The molecular formula is C54H35N3.